The third kappa shape index (κ3) is 3.73. The molecule has 1 aromatic carbocycles. The first-order valence-electron chi connectivity index (χ1n) is 10.7. The molecule has 1 amide bonds. The number of ether oxygens (including phenoxy) is 3. The minimum Gasteiger partial charge on any atom is -0.378 e. The zero-order valence-electron chi connectivity index (χ0n) is 17.5. The zero-order valence-corrected chi connectivity index (χ0v) is 18.4. The minimum absolute atomic E-state index is 0.00982. The second-order valence-corrected chi connectivity index (χ2v) is 10.1. The number of amides is 1. The molecule has 5 rings (SSSR count). The molecule has 0 unspecified atom stereocenters. The summed E-state index contributed by atoms with van der Waals surface area (Å²) in [6.45, 7) is 3.25. The van der Waals surface area contributed by atoms with Crippen molar-refractivity contribution in [3.8, 4) is 0 Å². The van der Waals surface area contributed by atoms with Crippen LogP contribution in [0.2, 0.25) is 0 Å². The van der Waals surface area contributed by atoms with Crippen molar-refractivity contribution in [3.05, 3.63) is 40.2 Å². The van der Waals surface area contributed by atoms with Crippen LogP contribution in [0.25, 0.3) is 10.9 Å². The maximum absolute atomic E-state index is 13.3. The Kier molecular flexibility index (Phi) is 5.54. The molecule has 3 saturated heterocycles. The first-order valence-corrected chi connectivity index (χ1v) is 12.1. The van der Waals surface area contributed by atoms with E-state index < -0.39 is 21.2 Å². The SMILES string of the molecule is O=C(c1c[nH]c2ccc(S(=O)(=O)N3CCC4(CC3)OCCO4)cc2c1=O)N1CCOCC1. The highest BCUT2D eigenvalue weighted by Gasteiger charge is 2.42. The molecule has 3 aliphatic rings. The summed E-state index contributed by atoms with van der Waals surface area (Å²) in [7, 11) is -3.81. The number of pyridine rings is 1. The molecule has 0 atom stereocenters. The number of hydrogen-bond acceptors (Lipinski definition) is 7. The van der Waals surface area contributed by atoms with Gasteiger partial charge in [-0.1, -0.05) is 0 Å². The highest BCUT2D eigenvalue weighted by molar-refractivity contribution is 7.89. The third-order valence-corrected chi connectivity index (χ3v) is 8.21. The lowest BCUT2D eigenvalue weighted by Crippen LogP contribution is -2.47. The number of nitrogens with one attached hydrogen (secondary N) is 1. The van der Waals surface area contributed by atoms with Crippen LogP contribution in [0, 0.1) is 0 Å². The summed E-state index contributed by atoms with van der Waals surface area (Å²) in [5.74, 6) is -1.07. The molecule has 0 radical (unpaired) electrons. The van der Waals surface area contributed by atoms with Crippen LogP contribution in [-0.2, 0) is 24.2 Å². The topological polar surface area (TPSA) is 118 Å². The Labute approximate surface area is 185 Å². The molecule has 0 saturated carbocycles. The van der Waals surface area contributed by atoms with Gasteiger partial charge in [0.1, 0.15) is 5.56 Å². The van der Waals surface area contributed by atoms with Gasteiger partial charge in [0, 0.05) is 56.1 Å². The van der Waals surface area contributed by atoms with Crippen molar-refractivity contribution in [2.75, 3.05) is 52.6 Å². The fraction of sp³-hybridized carbons (Fsp3) is 0.524. The number of fused-ring (bicyclic) bond motifs is 1. The van der Waals surface area contributed by atoms with E-state index in [4.69, 9.17) is 14.2 Å². The normalized spacial score (nSPS) is 21.9. The summed E-state index contributed by atoms with van der Waals surface area (Å²) < 4.78 is 44.5. The van der Waals surface area contributed by atoms with Gasteiger partial charge in [-0.05, 0) is 18.2 Å². The van der Waals surface area contributed by atoms with Crippen LogP contribution in [-0.4, -0.2) is 86.9 Å². The number of rotatable bonds is 3. The molecule has 32 heavy (non-hydrogen) atoms. The highest BCUT2D eigenvalue weighted by atomic mass is 32.2. The molecule has 10 nitrogen and oxygen atoms in total. The third-order valence-electron chi connectivity index (χ3n) is 6.32. The van der Waals surface area contributed by atoms with Gasteiger partial charge in [0.25, 0.3) is 5.91 Å². The number of carbonyl (C=O) groups is 1. The van der Waals surface area contributed by atoms with Crippen molar-refractivity contribution in [2.24, 2.45) is 0 Å². The van der Waals surface area contributed by atoms with Crippen molar-refractivity contribution in [2.45, 2.75) is 23.5 Å². The molecule has 1 N–H and O–H groups in total. The Balaban J connectivity index is 1.44. The zero-order chi connectivity index (χ0) is 22.3. The van der Waals surface area contributed by atoms with E-state index in [1.807, 2.05) is 0 Å². The minimum atomic E-state index is -3.81. The molecular formula is C21H25N3O7S. The summed E-state index contributed by atoms with van der Waals surface area (Å²) in [4.78, 5) is 30.5. The van der Waals surface area contributed by atoms with E-state index in [0.717, 1.165) is 0 Å². The molecule has 3 fully saturated rings. The molecule has 11 heteroatoms. The van der Waals surface area contributed by atoms with E-state index >= 15 is 0 Å². The summed E-state index contributed by atoms with van der Waals surface area (Å²) in [6.07, 6.45) is 2.31. The number of sulfonamides is 1. The Bertz CT molecular complexity index is 1190. The predicted octanol–water partition coefficient (Wildman–Crippen LogP) is 0.528. The van der Waals surface area contributed by atoms with Gasteiger partial charge in [0.2, 0.25) is 15.5 Å². The summed E-state index contributed by atoms with van der Waals surface area (Å²) in [5, 5.41) is 0.168. The lowest BCUT2D eigenvalue weighted by atomic mass is 10.1. The fourth-order valence-corrected chi connectivity index (χ4v) is 5.92. The number of H-pyrrole nitrogens is 1. The van der Waals surface area contributed by atoms with E-state index in [0.29, 0.717) is 57.9 Å². The number of hydrogen-bond donors (Lipinski definition) is 1. The largest absolute Gasteiger partial charge is 0.378 e. The predicted molar refractivity (Wildman–Crippen MR) is 114 cm³/mol. The van der Waals surface area contributed by atoms with E-state index in [9.17, 15) is 18.0 Å². The monoisotopic (exact) mass is 463 g/mol. The fourth-order valence-electron chi connectivity index (χ4n) is 4.46. The number of nitrogens with zero attached hydrogens (tertiary/aromatic N) is 2. The Hall–Kier alpha value is -2.31. The first-order chi connectivity index (χ1) is 15.4. The van der Waals surface area contributed by atoms with Gasteiger partial charge in [0.05, 0.1) is 31.3 Å². The van der Waals surface area contributed by atoms with E-state index in [-0.39, 0.29) is 34.8 Å². The van der Waals surface area contributed by atoms with Crippen LogP contribution < -0.4 is 5.43 Å². The summed E-state index contributed by atoms with van der Waals surface area (Å²) >= 11 is 0. The van der Waals surface area contributed by atoms with Crippen molar-refractivity contribution in [1.29, 1.82) is 0 Å². The molecule has 2 aromatic rings. The Morgan fingerprint density at radius 1 is 1.00 bits per heavy atom. The molecule has 1 spiro atoms. The van der Waals surface area contributed by atoms with E-state index in [1.165, 1.54) is 22.6 Å². The van der Waals surface area contributed by atoms with Crippen molar-refractivity contribution < 1.29 is 27.4 Å². The summed E-state index contributed by atoms with van der Waals surface area (Å²) in [6, 6.07) is 4.39. The number of piperidine rings is 1. The maximum Gasteiger partial charge on any atom is 0.259 e. The molecule has 172 valence electrons. The van der Waals surface area contributed by atoms with Gasteiger partial charge in [-0.3, -0.25) is 9.59 Å². The van der Waals surface area contributed by atoms with Gasteiger partial charge in [-0.2, -0.15) is 4.31 Å². The van der Waals surface area contributed by atoms with Crippen LogP contribution in [0.3, 0.4) is 0 Å². The second-order valence-electron chi connectivity index (χ2n) is 8.16. The molecule has 0 bridgehead atoms. The molecule has 1 aromatic heterocycles. The summed E-state index contributed by atoms with van der Waals surface area (Å²) in [5.41, 5.74) is -0.0279. The Morgan fingerprint density at radius 3 is 2.38 bits per heavy atom. The van der Waals surface area contributed by atoms with Crippen LogP contribution in [0.4, 0.5) is 0 Å². The lowest BCUT2D eigenvalue weighted by molar-refractivity contribution is -0.179. The number of carbonyl (C=O) groups excluding carboxylic acids is 1. The van der Waals surface area contributed by atoms with Crippen molar-refractivity contribution >= 4 is 26.8 Å². The molecule has 4 heterocycles. The number of benzene rings is 1. The number of morpholine rings is 1. The first kappa shape index (κ1) is 21.5. The number of aromatic amines is 1. The van der Waals surface area contributed by atoms with Gasteiger partial charge in [0.15, 0.2) is 5.79 Å². The van der Waals surface area contributed by atoms with E-state index in [1.54, 1.807) is 11.0 Å². The molecule has 3 aliphatic heterocycles. The van der Waals surface area contributed by atoms with Gasteiger partial charge in [-0.25, -0.2) is 8.42 Å². The average molecular weight is 464 g/mol. The molecular weight excluding hydrogens is 438 g/mol. The van der Waals surface area contributed by atoms with E-state index in [2.05, 4.69) is 4.98 Å². The second kappa shape index (κ2) is 8.23. The quantitative estimate of drug-likeness (QED) is 0.705. The van der Waals surface area contributed by atoms with Crippen molar-refractivity contribution in [3.63, 3.8) is 0 Å². The average Bonchev–Trinajstić information content (AvgIpc) is 3.27. The standard InChI is InChI=1S/C21H25N3O7S/c25-19-16-13-15(32(27,28)24-5-3-21(4-6-24)30-11-12-31-21)1-2-18(16)22-14-17(19)20(26)23-7-9-29-10-8-23/h1-2,13-14H,3-12H2,(H,22,25). The van der Waals surface area contributed by atoms with Crippen LogP contribution in [0.15, 0.2) is 34.1 Å². The maximum atomic E-state index is 13.3. The van der Waals surface area contributed by atoms with Gasteiger partial charge in [-0.15, -0.1) is 0 Å². The van der Waals surface area contributed by atoms with Crippen LogP contribution >= 0.6 is 0 Å². The van der Waals surface area contributed by atoms with Gasteiger partial charge >= 0.3 is 0 Å². The van der Waals surface area contributed by atoms with Crippen LogP contribution in [0.5, 0.6) is 0 Å². The smallest absolute Gasteiger partial charge is 0.259 e. The highest BCUT2D eigenvalue weighted by Crippen LogP contribution is 2.33. The molecule has 0 aliphatic carbocycles. The number of aromatic nitrogens is 1. The lowest BCUT2D eigenvalue weighted by Gasteiger charge is -2.36. The van der Waals surface area contributed by atoms with Crippen LogP contribution in [0.1, 0.15) is 23.2 Å². The van der Waals surface area contributed by atoms with Crippen molar-refractivity contribution in [1.82, 2.24) is 14.2 Å². The van der Waals surface area contributed by atoms with Gasteiger partial charge < -0.3 is 24.1 Å². The Morgan fingerprint density at radius 2 is 1.69 bits per heavy atom.